The van der Waals surface area contributed by atoms with Crippen molar-refractivity contribution in [2.24, 2.45) is 0 Å². The Morgan fingerprint density at radius 3 is 2.10 bits per heavy atom. The summed E-state index contributed by atoms with van der Waals surface area (Å²) in [4.78, 5) is 24.3. The molecule has 6 nitrogen and oxygen atoms in total. The lowest BCUT2D eigenvalue weighted by atomic mass is 10.1. The van der Waals surface area contributed by atoms with Gasteiger partial charge in [0.25, 0.3) is 5.91 Å². The fourth-order valence-corrected chi connectivity index (χ4v) is 2.75. The Hall–Kier alpha value is -3.80. The van der Waals surface area contributed by atoms with Crippen molar-refractivity contribution in [3.8, 4) is 22.6 Å². The average molecular weight is 391 g/mol. The molecule has 3 aromatic carbocycles. The number of carbonyl (C=O) groups is 2. The number of nitrogens with one attached hydrogen (secondary N) is 1. The zero-order valence-corrected chi connectivity index (χ0v) is 16.2. The fraction of sp³-hybridized carbons (Fsp3) is 0.130. The summed E-state index contributed by atoms with van der Waals surface area (Å²) >= 11 is 0. The molecule has 0 aliphatic heterocycles. The molecular formula is C23H21NO5. The number of rotatable bonds is 7. The Kier molecular flexibility index (Phi) is 6.47. The van der Waals surface area contributed by atoms with Crippen LogP contribution in [0.3, 0.4) is 0 Å². The molecule has 148 valence electrons. The van der Waals surface area contributed by atoms with Gasteiger partial charge in [-0.15, -0.1) is 0 Å². The number of ether oxygens (including phenoxy) is 3. The van der Waals surface area contributed by atoms with E-state index in [9.17, 15) is 9.59 Å². The summed E-state index contributed by atoms with van der Waals surface area (Å²) in [5.41, 5.74) is 3.03. The van der Waals surface area contributed by atoms with Gasteiger partial charge in [0.15, 0.2) is 18.1 Å². The van der Waals surface area contributed by atoms with Crippen molar-refractivity contribution < 1.29 is 23.8 Å². The minimum absolute atomic E-state index is 0.266. The van der Waals surface area contributed by atoms with E-state index in [1.807, 2.05) is 42.5 Å². The topological polar surface area (TPSA) is 73.9 Å². The summed E-state index contributed by atoms with van der Waals surface area (Å²) in [5, 5.41) is 2.71. The van der Waals surface area contributed by atoms with Gasteiger partial charge in [0.05, 0.1) is 19.8 Å². The van der Waals surface area contributed by atoms with Gasteiger partial charge in [0.1, 0.15) is 0 Å². The lowest BCUT2D eigenvalue weighted by molar-refractivity contribution is -0.119. The van der Waals surface area contributed by atoms with E-state index >= 15 is 0 Å². The van der Waals surface area contributed by atoms with Crippen LogP contribution in [-0.4, -0.2) is 32.7 Å². The Labute approximate surface area is 169 Å². The number of methoxy groups -OCH3 is 2. The second-order valence-electron chi connectivity index (χ2n) is 6.14. The van der Waals surface area contributed by atoms with Gasteiger partial charge < -0.3 is 19.5 Å². The minimum atomic E-state index is -0.625. The van der Waals surface area contributed by atoms with Crippen LogP contribution in [0.15, 0.2) is 72.8 Å². The Balaban J connectivity index is 1.55. The molecule has 0 saturated carbocycles. The number of anilines is 1. The predicted molar refractivity (Wildman–Crippen MR) is 110 cm³/mol. The molecule has 6 heteroatoms. The highest BCUT2D eigenvalue weighted by molar-refractivity contribution is 5.96. The van der Waals surface area contributed by atoms with Crippen molar-refractivity contribution in [2.75, 3.05) is 26.1 Å². The second-order valence-corrected chi connectivity index (χ2v) is 6.14. The molecule has 0 atom stereocenters. The standard InChI is InChI=1S/C23H21NO5/c1-27-20-13-10-18(14-21(20)28-2)23(26)29-15-22(25)24-19-11-8-17(9-12-19)16-6-4-3-5-7-16/h3-14H,15H2,1-2H3,(H,24,25). The van der Waals surface area contributed by atoms with E-state index < -0.39 is 18.5 Å². The van der Waals surface area contributed by atoms with E-state index in [1.165, 1.54) is 20.3 Å². The molecule has 1 N–H and O–H groups in total. The summed E-state index contributed by atoms with van der Waals surface area (Å²) in [5.74, 6) is -0.141. The van der Waals surface area contributed by atoms with Crippen LogP contribution in [-0.2, 0) is 9.53 Å². The Bertz CT molecular complexity index is 984. The van der Waals surface area contributed by atoms with Crippen molar-refractivity contribution in [3.05, 3.63) is 78.4 Å². The van der Waals surface area contributed by atoms with Crippen LogP contribution in [0.4, 0.5) is 5.69 Å². The zero-order valence-electron chi connectivity index (χ0n) is 16.2. The summed E-state index contributed by atoms with van der Waals surface area (Å²) in [6, 6.07) is 22.0. The van der Waals surface area contributed by atoms with Crippen molar-refractivity contribution >= 4 is 17.6 Å². The van der Waals surface area contributed by atoms with Gasteiger partial charge in [-0.2, -0.15) is 0 Å². The SMILES string of the molecule is COc1ccc(C(=O)OCC(=O)Nc2ccc(-c3ccccc3)cc2)cc1OC. The number of benzene rings is 3. The largest absolute Gasteiger partial charge is 0.493 e. The molecule has 0 heterocycles. The lowest BCUT2D eigenvalue weighted by Gasteiger charge is -2.10. The summed E-state index contributed by atoms with van der Waals surface area (Å²) in [7, 11) is 2.98. The van der Waals surface area contributed by atoms with E-state index in [4.69, 9.17) is 14.2 Å². The van der Waals surface area contributed by atoms with E-state index in [0.29, 0.717) is 17.2 Å². The molecule has 0 aliphatic rings. The number of esters is 1. The second kappa shape index (κ2) is 9.41. The van der Waals surface area contributed by atoms with Crippen LogP contribution in [0.2, 0.25) is 0 Å². The lowest BCUT2D eigenvalue weighted by Crippen LogP contribution is -2.20. The van der Waals surface area contributed by atoms with E-state index in [2.05, 4.69) is 5.32 Å². The summed E-state index contributed by atoms with van der Waals surface area (Å²) in [6.45, 7) is -0.395. The van der Waals surface area contributed by atoms with Crippen LogP contribution < -0.4 is 14.8 Å². The Morgan fingerprint density at radius 2 is 1.45 bits per heavy atom. The van der Waals surface area contributed by atoms with E-state index in [-0.39, 0.29) is 5.56 Å². The molecule has 29 heavy (non-hydrogen) atoms. The van der Waals surface area contributed by atoms with Crippen molar-refractivity contribution in [2.45, 2.75) is 0 Å². The third-order valence-corrected chi connectivity index (χ3v) is 4.23. The summed E-state index contributed by atoms with van der Waals surface area (Å²) in [6.07, 6.45) is 0. The van der Waals surface area contributed by atoms with Gasteiger partial charge in [-0.3, -0.25) is 4.79 Å². The highest BCUT2D eigenvalue weighted by atomic mass is 16.5. The van der Waals surface area contributed by atoms with Gasteiger partial charge >= 0.3 is 5.97 Å². The predicted octanol–water partition coefficient (Wildman–Crippen LogP) is 4.17. The third-order valence-electron chi connectivity index (χ3n) is 4.23. The van der Waals surface area contributed by atoms with Crippen LogP contribution >= 0.6 is 0 Å². The van der Waals surface area contributed by atoms with E-state index in [0.717, 1.165) is 11.1 Å². The smallest absolute Gasteiger partial charge is 0.338 e. The molecule has 0 unspecified atom stereocenters. The first-order valence-corrected chi connectivity index (χ1v) is 8.95. The first-order valence-electron chi connectivity index (χ1n) is 8.95. The minimum Gasteiger partial charge on any atom is -0.493 e. The number of carbonyl (C=O) groups excluding carboxylic acids is 2. The molecule has 0 bridgehead atoms. The summed E-state index contributed by atoms with van der Waals surface area (Å²) < 4.78 is 15.4. The first kappa shape index (κ1) is 19.9. The molecule has 0 aliphatic carbocycles. The monoisotopic (exact) mass is 391 g/mol. The van der Waals surface area contributed by atoms with Crippen molar-refractivity contribution in [1.29, 1.82) is 0 Å². The number of hydrogen-bond acceptors (Lipinski definition) is 5. The average Bonchev–Trinajstić information content (AvgIpc) is 2.78. The molecule has 3 rings (SSSR count). The molecule has 0 saturated heterocycles. The van der Waals surface area contributed by atoms with E-state index in [1.54, 1.807) is 24.3 Å². The molecule has 0 fully saturated rings. The van der Waals surface area contributed by atoms with Gasteiger partial charge in [-0.25, -0.2) is 4.79 Å². The molecule has 0 radical (unpaired) electrons. The zero-order chi connectivity index (χ0) is 20.6. The molecule has 0 aromatic heterocycles. The van der Waals surface area contributed by atoms with Crippen LogP contribution in [0.25, 0.3) is 11.1 Å². The Morgan fingerprint density at radius 1 is 0.793 bits per heavy atom. The van der Waals surface area contributed by atoms with Gasteiger partial charge in [-0.1, -0.05) is 42.5 Å². The molecular weight excluding hydrogens is 370 g/mol. The highest BCUT2D eigenvalue weighted by Crippen LogP contribution is 2.27. The molecule has 3 aromatic rings. The van der Waals surface area contributed by atoms with Gasteiger partial charge in [-0.05, 0) is 41.5 Å². The van der Waals surface area contributed by atoms with Crippen LogP contribution in [0.1, 0.15) is 10.4 Å². The molecule has 1 amide bonds. The quantitative estimate of drug-likeness (QED) is 0.612. The van der Waals surface area contributed by atoms with Crippen LogP contribution in [0, 0.1) is 0 Å². The highest BCUT2D eigenvalue weighted by Gasteiger charge is 2.14. The normalized spacial score (nSPS) is 10.1. The number of amides is 1. The maximum absolute atomic E-state index is 12.2. The fourth-order valence-electron chi connectivity index (χ4n) is 2.75. The van der Waals surface area contributed by atoms with Crippen molar-refractivity contribution in [1.82, 2.24) is 0 Å². The number of hydrogen-bond donors (Lipinski definition) is 1. The first-order chi connectivity index (χ1) is 14.1. The van der Waals surface area contributed by atoms with Gasteiger partial charge in [0, 0.05) is 5.69 Å². The van der Waals surface area contributed by atoms with Gasteiger partial charge in [0.2, 0.25) is 0 Å². The van der Waals surface area contributed by atoms with Crippen molar-refractivity contribution in [3.63, 3.8) is 0 Å². The maximum atomic E-state index is 12.2. The molecule has 0 spiro atoms. The maximum Gasteiger partial charge on any atom is 0.338 e. The third kappa shape index (κ3) is 5.13. The van der Waals surface area contributed by atoms with Crippen LogP contribution in [0.5, 0.6) is 11.5 Å².